The molecule has 1 atom stereocenters. The minimum absolute atomic E-state index is 0.0490. The van der Waals surface area contributed by atoms with Gasteiger partial charge in [-0.2, -0.15) is 0 Å². The highest BCUT2D eigenvalue weighted by Crippen LogP contribution is 2.18. The minimum atomic E-state index is -0.238. The van der Waals surface area contributed by atoms with Gasteiger partial charge in [-0.15, -0.1) is 11.6 Å². The first-order valence-corrected chi connectivity index (χ1v) is 6.35. The van der Waals surface area contributed by atoms with Crippen LogP contribution in [0.2, 0.25) is 0 Å². The van der Waals surface area contributed by atoms with E-state index in [0.717, 1.165) is 16.5 Å². The first-order valence-electron chi connectivity index (χ1n) is 5.81. The molecule has 0 aromatic heterocycles. The summed E-state index contributed by atoms with van der Waals surface area (Å²) in [6.45, 7) is 1.85. The lowest BCUT2D eigenvalue weighted by atomic mass is 10.1. The molecule has 18 heavy (non-hydrogen) atoms. The van der Waals surface area contributed by atoms with Crippen LogP contribution in [0.5, 0.6) is 0 Å². The third-order valence-electron chi connectivity index (χ3n) is 2.62. The van der Waals surface area contributed by atoms with Crippen molar-refractivity contribution in [3.63, 3.8) is 0 Å². The van der Waals surface area contributed by atoms with Gasteiger partial charge < -0.3 is 10.6 Å². The largest absolute Gasteiger partial charge is 0.334 e. The highest BCUT2D eigenvalue weighted by atomic mass is 35.5. The summed E-state index contributed by atoms with van der Waals surface area (Å²) in [5.74, 6) is 0.394. The predicted octanol–water partition coefficient (Wildman–Crippen LogP) is 3.59. The number of amides is 2. The fourth-order valence-corrected chi connectivity index (χ4v) is 1.77. The van der Waals surface area contributed by atoms with E-state index in [2.05, 4.69) is 10.6 Å². The van der Waals surface area contributed by atoms with Crippen molar-refractivity contribution in [2.45, 2.75) is 13.0 Å². The van der Waals surface area contributed by atoms with Crippen molar-refractivity contribution in [2.24, 2.45) is 0 Å². The number of anilines is 1. The van der Waals surface area contributed by atoms with Gasteiger partial charge in [-0.25, -0.2) is 4.79 Å². The number of rotatable bonds is 3. The third kappa shape index (κ3) is 3.14. The molecule has 0 bridgehead atoms. The fourth-order valence-electron chi connectivity index (χ4n) is 1.70. The van der Waals surface area contributed by atoms with Gasteiger partial charge >= 0.3 is 6.03 Å². The first-order chi connectivity index (χ1) is 8.69. The van der Waals surface area contributed by atoms with Crippen molar-refractivity contribution in [3.8, 4) is 0 Å². The second-order valence-electron chi connectivity index (χ2n) is 4.22. The number of hydrogen-bond donors (Lipinski definition) is 2. The molecule has 0 heterocycles. The lowest BCUT2D eigenvalue weighted by molar-refractivity contribution is 0.250. The molecule has 0 aliphatic heterocycles. The van der Waals surface area contributed by atoms with E-state index in [1.54, 1.807) is 0 Å². The van der Waals surface area contributed by atoms with Crippen LogP contribution in [0, 0.1) is 0 Å². The van der Waals surface area contributed by atoms with Gasteiger partial charge in [-0.3, -0.25) is 0 Å². The lowest BCUT2D eigenvalue weighted by Gasteiger charge is -2.12. The third-order valence-corrected chi connectivity index (χ3v) is 3.08. The molecule has 2 N–H and O–H groups in total. The number of urea groups is 1. The molecular weight excluding hydrogens is 248 g/mol. The second-order valence-corrected chi connectivity index (χ2v) is 4.52. The molecule has 2 aromatic carbocycles. The highest BCUT2D eigenvalue weighted by molar-refractivity contribution is 6.18. The van der Waals surface area contributed by atoms with Crippen molar-refractivity contribution < 1.29 is 4.79 Å². The molecule has 0 fully saturated rings. The van der Waals surface area contributed by atoms with Crippen molar-refractivity contribution in [2.75, 3.05) is 11.2 Å². The Morgan fingerprint density at radius 1 is 1.22 bits per heavy atom. The first kappa shape index (κ1) is 12.7. The summed E-state index contributed by atoms with van der Waals surface area (Å²) in [7, 11) is 0. The second kappa shape index (κ2) is 5.74. The summed E-state index contributed by atoms with van der Waals surface area (Å²) in [4.78, 5) is 11.6. The SMILES string of the molecule is C[C@@H](CCl)NC(=O)Nc1ccc2ccccc2c1. The Bertz CT molecular complexity index is 556. The summed E-state index contributed by atoms with van der Waals surface area (Å²) in [6.07, 6.45) is 0. The number of carbonyl (C=O) groups is 1. The lowest BCUT2D eigenvalue weighted by Crippen LogP contribution is -2.37. The zero-order valence-corrected chi connectivity index (χ0v) is 10.9. The van der Waals surface area contributed by atoms with E-state index in [1.165, 1.54) is 0 Å². The summed E-state index contributed by atoms with van der Waals surface area (Å²) >= 11 is 5.63. The van der Waals surface area contributed by atoms with Gasteiger partial charge in [-0.1, -0.05) is 30.3 Å². The van der Waals surface area contributed by atoms with Crippen molar-refractivity contribution in [1.82, 2.24) is 5.32 Å². The van der Waals surface area contributed by atoms with Gasteiger partial charge in [0, 0.05) is 17.6 Å². The van der Waals surface area contributed by atoms with Crippen LogP contribution in [0.25, 0.3) is 10.8 Å². The molecule has 94 valence electrons. The average molecular weight is 263 g/mol. The molecule has 2 aromatic rings. The number of nitrogens with one attached hydrogen (secondary N) is 2. The van der Waals surface area contributed by atoms with Crippen LogP contribution in [0.4, 0.5) is 10.5 Å². The number of hydrogen-bond acceptors (Lipinski definition) is 1. The smallest absolute Gasteiger partial charge is 0.319 e. The molecule has 0 spiro atoms. The zero-order valence-electron chi connectivity index (χ0n) is 10.1. The van der Waals surface area contributed by atoms with E-state index in [9.17, 15) is 4.79 Å². The van der Waals surface area contributed by atoms with Crippen molar-refractivity contribution in [1.29, 1.82) is 0 Å². The molecule has 0 radical (unpaired) electrons. The van der Waals surface area contributed by atoms with Crippen molar-refractivity contribution in [3.05, 3.63) is 42.5 Å². The number of halogens is 1. The molecule has 4 heteroatoms. The standard InChI is InChI=1S/C14H15ClN2O/c1-10(9-15)16-14(18)17-13-7-6-11-4-2-3-5-12(11)8-13/h2-8,10H,9H2,1H3,(H2,16,17,18)/t10-/m0/s1. The Labute approximate surface area is 111 Å². The van der Waals surface area contributed by atoms with Gasteiger partial charge in [0.1, 0.15) is 0 Å². The maximum Gasteiger partial charge on any atom is 0.319 e. The van der Waals surface area contributed by atoms with Crippen LogP contribution >= 0.6 is 11.6 Å². The van der Waals surface area contributed by atoms with Gasteiger partial charge in [-0.05, 0) is 29.8 Å². The van der Waals surface area contributed by atoms with Gasteiger partial charge in [0.15, 0.2) is 0 Å². The molecular formula is C14H15ClN2O. The van der Waals surface area contributed by atoms with E-state index in [-0.39, 0.29) is 12.1 Å². The normalized spacial score (nSPS) is 12.1. The Hall–Kier alpha value is -1.74. The Morgan fingerprint density at radius 3 is 2.67 bits per heavy atom. The quantitative estimate of drug-likeness (QED) is 0.816. The van der Waals surface area contributed by atoms with E-state index < -0.39 is 0 Å². The monoisotopic (exact) mass is 262 g/mol. The van der Waals surface area contributed by atoms with Gasteiger partial charge in [0.05, 0.1) is 0 Å². The van der Waals surface area contributed by atoms with Crippen molar-refractivity contribution >= 4 is 34.1 Å². The number of alkyl halides is 1. The maximum absolute atomic E-state index is 11.6. The van der Waals surface area contributed by atoms with Crippen LogP contribution in [0.1, 0.15) is 6.92 Å². The van der Waals surface area contributed by atoms with Crippen LogP contribution < -0.4 is 10.6 Å². The highest BCUT2D eigenvalue weighted by Gasteiger charge is 2.06. The maximum atomic E-state index is 11.6. The number of benzene rings is 2. The molecule has 0 saturated heterocycles. The van der Waals surface area contributed by atoms with Crippen LogP contribution in [-0.2, 0) is 0 Å². The summed E-state index contributed by atoms with van der Waals surface area (Å²) < 4.78 is 0. The molecule has 0 unspecified atom stereocenters. The molecule has 3 nitrogen and oxygen atoms in total. The zero-order chi connectivity index (χ0) is 13.0. The summed E-state index contributed by atoms with van der Waals surface area (Å²) in [6, 6.07) is 13.5. The molecule has 0 aliphatic carbocycles. The topological polar surface area (TPSA) is 41.1 Å². The minimum Gasteiger partial charge on any atom is -0.334 e. The van der Waals surface area contributed by atoms with E-state index in [0.29, 0.717) is 5.88 Å². The Balaban J connectivity index is 2.10. The van der Waals surface area contributed by atoms with E-state index in [1.807, 2.05) is 49.4 Å². The fraction of sp³-hybridized carbons (Fsp3) is 0.214. The summed E-state index contributed by atoms with van der Waals surface area (Å²) in [5.41, 5.74) is 0.771. The molecule has 2 amide bonds. The predicted molar refractivity (Wildman–Crippen MR) is 76.3 cm³/mol. The van der Waals surface area contributed by atoms with Crippen LogP contribution in [0.15, 0.2) is 42.5 Å². The Morgan fingerprint density at radius 2 is 1.94 bits per heavy atom. The van der Waals surface area contributed by atoms with Gasteiger partial charge in [0.25, 0.3) is 0 Å². The summed E-state index contributed by atoms with van der Waals surface area (Å²) in [5, 5.41) is 7.78. The number of carbonyl (C=O) groups excluding carboxylic acids is 1. The number of fused-ring (bicyclic) bond motifs is 1. The molecule has 2 rings (SSSR count). The van der Waals surface area contributed by atoms with E-state index in [4.69, 9.17) is 11.6 Å². The van der Waals surface area contributed by atoms with Crippen LogP contribution in [-0.4, -0.2) is 18.0 Å². The van der Waals surface area contributed by atoms with E-state index >= 15 is 0 Å². The molecule has 0 saturated carbocycles. The Kier molecular flexibility index (Phi) is 4.05. The molecule has 0 aliphatic rings. The van der Waals surface area contributed by atoms with Gasteiger partial charge in [0.2, 0.25) is 0 Å². The average Bonchev–Trinajstić information content (AvgIpc) is 2.38. The van der Waals surface area contributed by atoms with Crippen LogP contribution in [0.3, 0.4) is 0 Å².